The maximum absolute atomic E-state index is 13.7. The lowest BCUT2D eigenvalue weighted by atomic mass is 10.0. The summed E-state index contributed by atoms with van der Waals surface area (Å²) in [6.45, 7) is 6.22. The molecule has 6 nitrogen and oxygen atoms in total. The number of nitrogens with one attached hydrogen (secondary N) is 2. The van der Waals surface area contributed by atoms with Crippen molar-refractivity contribution >= 4 is 21.6 Å². The number of piperidine rings is 1. The van der Waals surface area contributed by atoms with Crippen LogP contribution in [0.4, 0.5) is 10.1 Å². The Labute approximate surface area is 171 Å². The van der Waals surface area contributed by atoms with Gasteiger partial charge in [-0.3, -0.25) is 9.52 Å². The zero-order valence-corrected chi connectivity index (χ0v) is 17.4. The number of halogens is 1. The molecule has 0 aliphatic carbocycles. The molecule has 1 saturated heterocycles. The number of nitrogens with zero attached hydrogens (tertiary/aromatic N) is 1. The van der Waals surface area contributed by atoms with Crippen molar-refractivity contribution in [2.45, 2.75) is 43.7 Å². The number of hydrogen-bond donors (Lipinski definition) is 2. The standard InChI is InChI=1S/C21H26FN3O3S/c1-15(2)25-13-11-17(12-14-25)23-21(26)16-7-9-18(10-8-16)29(27,28)24-20-6-4-3-5-19(20)22/h3-10,15,17,24H,11-14H2,1-2H3,(H,23,26). The van der Waals surface area contributed by atoms with Gasteiger partial charge in [0.2, 0.25) is 0 Å². The van der Waals surface area contributed by atoms with Crippen LogP contribution in [0.25, 0.3) is 0 Å². The topological polar surface area (TPSA) is 78.5 Å². The van der Waals surface area contributed by atoms with Crippen LogP contribution in [-0.4, -0.2) is 44.4 Å². The second-order valence-corrected chi connectivity index (χ2v) is 9.17. The molecule has 0 aromatic heterocycles. The number of anilines is 1. The van der Waals surface area contributed by atoms with E-state index in [9.17, 15) is 17.6 Å². The van der Waals surface area contributed by atoms with Gasteiger partial charge in [-0.25, -0.2) is 12.8 Å². The number of amides is 1. The van der Waals surface area contributed by atoms with E-state index in [0.29, 0.717) is 11.6 Å². The monoisotopic (exact) mass is 419 g/mol. The van der Waals surface area contributed by atoms with Crippen LogP contribution >= 0.6 is 0 Å². The third-order valence-electron chi connectivity index (χ3n) is 5.14. The van der Waals surface area contributed by atoms with Crippen LogP contribution in [0, 0.1) is 5.82 Å². The minimum absolute atomic E-state index is 0.0393. The molecule has 3 rings (SSSR count). The minimum atomic E-state index is -3.95. The summed E-state index contributed by atoms with van der Waals surface area (Å²) in [5.41, 5.74) is 0.267. The SMILES string of the molecule is CC(C)N1CCC(NC(=O)c2ccc(S(=O)(=O)Nc3ccccc3F)cc2)CC1. The molecule has 1 heterocycles. The van der Waals surface area contributed by atoms with Gasteiger partial charge in [-0.2, -0.15) is 0 Å². The number of carbonyl (C=O) groups is 1. The highest BCUT2D eigenvalue weighted by atomic mass is 32.2. The molecule has 0 unspecified atom stereocenters. The van der Waals surface area contributed by atoms with Crippen molar-refractivity contribution in [1.29, 1.82) is 0 Å². The van der Waals surface area contributed by atoms with Gasteiger partial charge >= 0.3 is 0 Å². The van der Waals surface area contributed by atoms with Crippen LogP contribution in [0.3, 0.4) is 0 Å². The van der Waals surface area contributed by atoms with Crippen molar-refractivity contribution in [3.8, 4) is 0 Å². The molecule has 0 saturated carbocycles. The average Bonchev–Trinajstić information content (AvgIpc) is 2.70. The second kappa shape index (κ2) is 8.92. The molecule has 0 spiro atoms. The number of hydrogen-bond acceptors (Lipinski definition) is 4. The van der Waals surface area contributed by atoms with E-state index in [1.165, 1.54) is 42.5 Å². The molecule has 0 atom stereocenters. The maximum atomic E-state index is 13.7. The lowest BCUT2D eigenvalue weighted by Crippen LogP contribution is -2.46. The Morgan fingerprint density at radius 3 is 2.28 bits per heavy atom. The van der Waals surface area contributed by atoms with Crippen molar-refractivity contribution in [1.82, 2.24) is 10.2 Å². The number of para-hydroxylation sites is 1. The van der Waals surface area contributed by atoms with Gasteiger partial charge in [-0.05, 0) is 63.1 Å². The van der Waals surface area contributed by atoms with E-state index in [4.69, 9.17) is 0 Å². The first-order valence-corrected chi connectivity index (χ1v) is 11.2. The molecule has 8 heteroatoms. The Kier molecular flexibility index (Phi) is 6.54. The lowest BCUT2D eigenvalue weighted by Gasteiger charge is -2.34. The Hall–Kier alpha value is -2.45. The average molecular weight is 420 g/mol. The lowest BCUT2D eigenvalue weighted by molar-refractivity contribution is 0.0900. The van der Waals surface area contributed by atoms with Crippen molar-refractivity contribution in [2.24, 2.45) is 0 Å². The summed E-state index contributed by atoms with van der Waals surface area (Å²) in [7, 11) is -3.95. The van der Waals surface area contributed by atoms with Gasteiger partial charge in [0, 0.05) is 30.7 Å². The van der Waals surface area contributed by atoms with Crippen LogP contribution in [0.1, 0.15) is 37.0 Å². The zero-order chi connectivity index (χ0) is 21.0. The van der Waals surface area contributed by atoms with Crippen molar-refractivity contribution < 1.29 is 17.6 Å². The fourth-order valence-electron chi connectivity index (χ4n) is 3.36. The van der Waals surface area contributed by atoms with Gasteiger partial charge in [0.25, 0.3) is 15.9 Å². The van der Waals surface area contributed by atoms with Crippen molar-refractivity contribution in [3.05, 3.63) is 59.9 Å². The summed E-state index contributed by atoms with van der Waals surface area (Å²) < 4.78 is 40.8. The second-order valence-electron chi connectivity index (χ2n) is 7.49. The van der Waals surface area contributed by atoms with Crippen molar-refractivity contribution in [2.75, 3.05) is 17.8 Å². The van der Waals surface area contributed by atoms with Gasteiger partial charge in [0.15, 0.2) is 0 Å². The molecule has 0 radical (unpaired) electrons. The number of carbonyl (C=O) groups excluding carboxylic acids is 1. The first-order valence-electron chi connectivity index (χ1n) is 9.68. The number of benzene rings is 2. The molecular weight excluding hydrogens is 393 g/mol. The highest BCUT2D eigenvalue weighted by Crippen LogP contribution is 2.19. The molecule has 2 N–H and O–H groups in total. The molecule has 29 heavy (non-hydrogen) atoms. The van der Waals surface area contributed by atoms with E-state index >= 15 is 0 Å². The quantitative estimate of drug-likeness (QED) is 0.754. The molecule has 2 aromatic carbocycles. The molecular formula is C21H26FN3O3S. The first kappa shape index (κ1) is 21.3. The smallest absolute Gasteiger partial charge is 0.261 e. The molecule has 1 aliphatic heterocycles. The van der Waals surface area contributed by atoms with Crippen LogP contribution in [-0.2, 0) is 10.0 Å². The Bertz CT molecular complexity index is 953. The third-order valence-corrected chi connectivity index (χ3v) is 6.52. The molecule has 2 aromatic rings. The largest absolute Gasteiger partial charge is 0.349 e. The van der Waals surface area contributed by atoms with Crippen LogP contribution in [0.15, 0.2) is 53.4 Å². The van der Waals surface area contributed by atoms with E-state index in [0.717, 1.165) is 25.9 Å². The van der Waals surface area contributed by atoms with Crippen molar-refractivity contribution in [3.63, 3.8) is 0 Å². The van der Waals surface area contributed by atoms with Gasteiger partial charge < -0.3 is 10.2 Å². The fraction of sp³-hybridized carbons (Fsp3) is 0.381. The Balaban J connectivity index is 1.62. The van der Waals surface area contributed by atoms with Crippen LogP contribution in [0.2, 0.25) is 0 Å². The minimum Gasteiger partial charge on any atom is -0.349 e. The summed E-state index contributed by atoms with van der Waals surface area (Å²) in [4.78, 5) is 14.8. The van der Waals surface area contributed by atoms with E-state index in [1.807, 2.05) is 0 Å². The maximum Gasteiger partial charge on any atom is 0.261 e. The highest BCUT2D eigenvalue weighted by molar-refractivity contribution is 7.92. The van der Waals surface area contributed by atoms with Gasteiger partial charge in [0.1, 0.15) is 5.82 Å². The highest BCUT2D eigenvalue weighted by Gasteiger charge is 2.23. The molecule has 1 fully saturated rings. The summed E-state index contributed by atoms with van der Waals surface area (Å²) in [5.74, 6) is -0.880. The summed E-state index contributed by atoms with van der Waals surface area (Å²) in [6, 6.07) is 11.8. The number of sulfonamides is 1. The van der Waals surface area contributed by atoms with Gasteiger partial charge in [-0.1, -0.05) is 12.1 Å². The zero-order valence-electron chi connectivity index (χ0n) is 16.6. The predicted molar refractivity (Wildman–Crippen MR) is 111 cm³/mol. The molecule has 1 aliphatic rings. The number of likely N-dealkylation sites (tertiary alicyclic amines) is 1. The van der Waals surface area contributed by atoms with Gasteiger partial charge in [0.05, 0.1) is 10.6 Å². The van der Waals surface area contributed by atoms with E-state index in [-0.39, 0.29) is 22.5 Å². The van der Waals surface area contributed by atoms with E-state index in [2.05, 4.69) is 28.8 Å². The normalized spacial score (nSPS) is 16.0. The molecule has 156 valence electrons. The Morgan fingerprint density at radius 1 is 1.07 bits per heavy atom. The third kappa shape index (κ3) is 5.33. The van der Waals surface area contributed by atoms with E-state index < -0.39 is 15.8 Å². The van der Waals surface area contributed by atoms with Crippen LogP contribution in [0.5, 0.6) is 0 Å². The van der Waals surface area contributed by atoms with Gasteiger partial charge in [-0.15, -0.1) is 0 Å². The predicted octanol–water partition coefficient (Wildman–Crippen LogP) is 3.23. The molecule has 0 bridgehead atoms. The van der Waals surface area contributed by atoms with E-state index in [1.54, 1.807) is 6.07 Å². The summed E-state index contributed by atoms with van der Waals surface area (Å²) in [5, 5.41) is 3.02. The first-order chi connectivity index (χ1) is 13.8. The molecule has 1 amide bonds. The number of rotatable bonds is 6. The van der Waals surface area contributed by atoms with Crippen LogP contribution < -0.4 is 10.0 Å². The summed E-state index contributed by atoms with van der Waals surface area (Å²) in [6.07, 6.45) is 1.78. The fourth-order valence-corrected chi connectivity index (χ4v) is 4.43. The Morgan fingerprint density at radius 2 is 1.69 bits per heavy atom. The summed E-state index contributed by atoms with van der Waals surface area (Å²) >= 11 is 0.